The summed E-state index contributed by atoms with van der Waals surface area (Å²) in [6, 6.07) is 17.3. The number of carbonyl (C=O) groups excluding carboxylic acids is 1. The lowest BCUT2D eigenvalue weighted by molar-refractivity contribution is 0.103. The average molecular weight is 279 g/mol. The summed E-state index contributed by atoms with van der Waals surface area (Å²) in [4.78, 5) is 18.1. The zero-order valence-corrected chi connectivity index (χ0v) is 11.9. The van der Waals surface area contributed by atoms with Gasteiger partial charge in [0.15, 0.2) is 5.78 Å². The molecule has 0 aliphatic carbocycles. The third kappa shape index (κ3) is 2.21. The van der Waals surface area contributed by atoms with Crippen molar-refractivity contribution in [1.29, 1.82) is 0 Å². The third-order valence-electron chi connectivity index (χ3n) is 3.23. The van der Waals surface area contributed by atoms with Crippen molar-refractivity contribution in [3.05, 3.63) is 71.9 Å². The first-order chi connectivity index (χ1) is 9.81. The Balaban J connectivity index is 2.18. The summed E-state index contributed by atoms with van der Waals surface area (Å²) >= 11 is 1.58. The minimum absolute atomic E-state index is 0.0271. The van der Waals surface area contributed by atoms with Gasteiger partial charge in [0.25, 0.3) is 0 Å². The Bertz CT molecular complexity index is 777. The van der Waals surface area contributed by atoms with Crippen LogP contribution in [0.2, 0.25) is 0 Å². The van der Waals surface area contributed by atoms with Gasteiger partial charge in [-0.05, 0) is 30.5 Å². The van der Waals surface area contributed by atoms with E-state index in [-0.39, 0.29) is 5.78 Å². The zero-order chi connectivity index (χ0) is 13.9. The van der Waals surface area contributed by atoms with Crippen molar-refractivity contribution < 1.29 is 4.79 Å². The summed E-state index contributed by atoms with van der Waals surface area (Å²) in [5, 5.41) is 0.986. The minimum atomic E-state index is 0.0271. The van der Waals surface area contributed by atoms with E-state index < -0.39 is 0 Å². The SMILES string of the molecule is CSc1ccccc1C(=O)c1cccc2cccnc12. The lowest BCUT2D eigenvalue weighted by Crippen LogP contribution is -2.04. The van der Waals surface area contributed by atoms with Gasteiger partial charge in [0.2, 0.25) is 0 Å². The number of nitrogens with zero attached hydrogens (tertiary/aromatic N) is 1. The van der Waals surface area contributed by atoms with Gasteiger partial charge in [-0.15, -0.1) is 11.8 Å². The fourth-order valence-electron chi connectivity index (χ4n) is 2.26. The van der Waals surface area contributed by atoms with Gasteiger partial charge in [0.05, 0.1) is 5.52 Å². The number of rotatable bonds is 3. The number of benzene rings is 2. The highest BCUT2D eigenvalue weighted by Crippen LogP contribution is 2.25. The molecule has 0 bridgehead atoms. The van der Waals surface area contributed by atoms with Crippen LogP contribution in [0.3, 0.4) is 0 Å². The summed E-state index contributed by atoms with van der Waals surface area (Å²) in [5.74, 6) is 0.0271. The van der Waals surface area contributed by atoms with E-state index in [1.54, 1.807) is 18.0 Å². The maximum atomic E-state index is 12.8. The van der Waals surface area contributed by atoms with Crippen molar-refractivity contribution in [2.75, 3.05) is 6.26 Å². The van der Waals surface area contributed by atoms with Gasteiger partial charge < -0.3 is 0 Å². The fourth-order valence-corrected chi connectivity index (χ4v) is 2.86. The second-order valence-corrected chi connectivity index (χ2v) is 5.26. The Morgan fingerprint density at radius 2 is 1.70 bits per heavy atom. The van der Waals surface area contributed by atoms with Crippen LogP contribution in [0, 0.1) is 0 Å². The number of hydrogen-bond donors (Lipinski definition) is 0. The molecule has 0 aliphatic rings. The van der Waals surface area contributed by atoms with Gasteiger partial charge in [-0.1, -0.05) is 30.3 Å². The summed E-state index contributed by atoms with van der Waals surface area (Å²) in [5.41, 5.74) is 2.15. The van der Waals surface area contributed by atoms with Crippen LogP contribution in [-0.4, -0.2) is 17.0 Å². The first-order valence-corrected chi connectivity index (χ1v) is 7.55. The second kappa shape index (κ2) is 5.47. The van der Waals surface area contributed by atoms with Crippen LogP contribution in [0.25, 0.3) is 10.9 Å². The van der Waals surface area contributed by atoms with E-state index >= 15 is 0 Å². The molecule has 1 aromatic heterocycles. The maximum absolute atomic E-state index is 12.8. The predicted octanol–water partition coefficient (Wildman–Crippen LogP) is 4.19. The molecular weight excluding hydrogens is 266 g/mol. The van der Waals surface area contributed by atoms with Crippen molar-refractivity contribution in [2.45, 2.75) is 4.90 Å². The summed E-state index contributed by atoms with van der Waals surface area (Å²) < 4.78 is 0. The van der Waals surface area contributed by atoms with E-state index in [0.29, 0.717) is 5.56 Å². The molecule has 0 saturated carbocycles. The molecule has 2 nitrogen and oxygen atoms in total. The molecule has 0 N–H and O–H groups in total. The Morgan fingerprint density at radius 3 is 2.55 bits per heavy atom. The largest absolute Gasteiger partial charge is 0.288 e. The quantitative estimate of drug-likeness (QED) is 0.532. The van der Waals surface area contributed by atoms with Crippen LogP contribution < -0.4 is 0 Å². The molecule has 20 heavy (non-hydrogen) atoms. The fraction of sp³-hybridized carbons (Fsp3) is 0.0588. The molecule has 0 aliphatic heterocycles. The molecule has 0 unspecified atom stereocenters. The minimum Gasteiger partial charge on any atom is -0.288 e. The third-order valence-corrected chi connectivity index (χ3v) is 4.02. The number of pyridine rings is 1. The summed E-state index contributed by atoms with van der Waals surface area (Å²) in [6.07, 6.45) is 3.70. The molecule has 3 heteroatoms. The van der Waals surface area contributed by atoms with Gasteiger partial charge in [-0.3, -0.25) is 9.78 Å². The van der Waals surface area contributed by atoms with E-state index in [9.17, 15) is 4.79 Å². The summed E-state index contributed by atoms with van der Waals surface area (Å²) in [7, 11) is 0. The van der Waals surface area contributed by atoms with Crippen LogP contribution in [0.4, 0.5) is 0 Å². The molecule has 2 aromatic carbocycles. The van der Waals surface area contributed by atoms with Crippen LogP contribution in [0.5, 0.6) is 0 Å². The van der Waals surface area contributed by atoms with Crippen molar-refractivity contribution in [1.82, 2.24) is 4.98 Å². The number of fused-ring (bicyclic) bond motifs is 1. The Morgan fingerprint density at radius 1 is 0.950 bits per heavy atom. The molecule has 0 fully saturated rings. The maximum Gasteiger partial charge on any atom is 0.196 e. The Hall–Kier alpha value is -2.13. The first kappa shape index (κ1) is 12.9. The van der Waals surface area contributed by atoms with E-state index in [1.165, 1.54) is 0 Å². The standard InChI is InChI=1S/C17H13NOS/c1-20-15-10-3-2-8-13(15)17(19)14-9-4-6-12-7-5-11-18-16(12)14/h2-11H,1H3. The van der Waals surface area contributed by atoms with Gasteiger partial charge in [0, 0.05) is 27.6 Å². The van der Waals surface area contributed by atoms with Crippen LogP contribution >= 0.6 is 11.8 Å². The molecular formula is C17H13NOS. The lowest BCUT2D eigenvalue weighted by atomic mass is 10.0. The molecule has 3 aromatic rings. The van der Waals surface area contributed by atoms with Crippen molar-refractivity contribution in [3.63, 3.8) is 0 Å². The predicted molar refractivity (Wildman–Crippen MR) is 83.4 cm³/mol. The van der Waals surface area contributed by atoms with Gasteiger partial charge in [0.1, 0.15) is 0 Å². The Kier molecular flexibility index (Phi) is 3.52. The highest BCUT2D eigenvalue weighted by Gasteiger charge is 2.15. The lowest BCUT2D eigenvalue weighted by Gasteiger charge is -2.08. The number of hydrogen-bond acceptors (Lipinski definition) is 3. The van der Waals surface area contributed by atoms with E-state index in [0.717, 1.165) is 21.4 Å². The average Bonchev–Trinajstić information content (AvgIpc) is 2.53. The highest BCUT2D eigenvalue weighted by atomic mass is 32.2. The van der Waals surface area contributed by atoms with E-state index in [2.05, 4.69) is 4.98 Å². The number of thioether (sulfide) groups is 1. The number of carbonyl (C=O) groups is 1. The highest BCUT2D eigenvalue weighted by molar-refractivity contribution is 7.98. The van der Waals surface area contributed by atoms with Gasteiger partial charge in [-0.25, -0.2) is 0 Å². The summed E-state index contributed by atoms with van der Waals surface area (Å²) in [6.45, 7) is 0. The molecule has 0 saturated heterocycles. The van der Waals surface area contributed by atoms with Crippen LogP contribution in [-0.2, 0) is 0 Å². The number of ketones is 1. The van der Waals surface area contributed by atoms with Crippen molar-refractivity contribution in [2.24, 2.45) is 0 Å². The van der Waals surface area contributed by atoms with Gasteiger partial charge >= 0.3 is 0 Å². The van der Waals surface area contributed by atoms with Crippen molar-refractivity contribution >= 4 is 28.4 Å². The molecule has 1 heterocycles. The number of aromatic nitrogens is 1. The van der Waals surface area contributed by atoms with E-state index in [4.69, 9.17) is 0 Å². The topological polar surface area (TPSA) is 30.0 Å². The molecule has 0 atom stereocenters. The molecule has 0 radical (unpaired) electrons. The monoisotopic (exact) mass is 279 g/mol. The zero-order valence-electron chi connectivity index (χ0n) is 11.0. The molecule has 0 spiro atoms. The second-order valence-electron chi connectivity index (χ2n) is 4.41. The van der Waals surface area contributed by atoms with Crippen LogP contribution in [0.1, 0.15) is 15.9 Å². The van der Waals surface area contributed by atoms with Gasteiger partial charge in [-0.2, -0.15) is 0 Å². The molecule has 98 valence electrons. The van der Waals surface area contributed by atoms with Crippen molar-refractivity contribution in [3.8, 4) is 0 Å². The molecule has 0 amide bonds. The first-order valence-electron chi connectivity index (χ1n) is 6.33. The van der Waals surface area contributed by atoms with Crippen LogP contribution in [0.15, 0.2) is 65.7 Å². The molecule has 3 rings (SSSR count). The Labute approximate surface area is 121 Å². The number of para-hydroxylation sites is 1. The smallest absolute Gasteiger partial charge is 0.196 e. The van der Waals surface area contributed by atoms with E-state index in [1.807, 2.05) is 60.9 Å². The normalized spacial score (nSPS) is 10.7.